The van der Waals surface area contributed by atoms with Gasteiger partial charge in [-0.3, -0.25) is 4.68 Å². The highest BCUT2D eigenvalue weighted by Gasteiger charge is 2.12. The minimum Gasteiger partial charge on any atom is -0.395 e. The van der Waals surface area contributed by atoms with Crippen molar-refractivity contribution in [3.63, 3.8) is 0 Å². The predicted octanol–water partition coefficient (Wildman–Crippen LogP) is 2.47. The summed E-state index contributed by atoms with van der Waals surface area (Å²) >= 11 is 6.00. The Morgan fingerprint density at radius 2 is 2.13 bits per heavy atom. The van der Waals surface area contributed by atoms with Gasteiger partial charge in [-0.1, -0.05) is 11.6 Å². The number of fused-ring (bicyclic) bond motifs is 1. The number of benzene rings is 1. The lowest BCUT2D eigenvalue weighted by Crippen LogP contribution is -2.10. The number of nitrogens with one attached hydrogen (secondary N) is 2. The summed E-state index contributed by atoms with van der Waals surface area (Å²) in [5.74, 6) is 1.08. The lowest BCUT2D eigenvalue weighted by Gasteiger charge is -2.12. The molecule has 0 bridgehead atoms. The third-order valence-electron chi connectivity index (χ3n) is 3.43. The van der Waals surface area contributed by atoms with Crippen molar-refractivity contribution in [3.05, 3.63) is 35.0 Å². The summed E-state index contributed by atoms with van der Waals surface area (Å²) < 4.78 is 1.68. The highest BCUT2D eigenvalue weighted by Crippen LogP contribution is 2.27. The van der Waals surface area contributed by atoms with Gasteiger partial charge in [0.1, 0.15) is 5.82 Å². The van der Waals surface area contributed by atoms with Crippen molar-refractivity contribution >= 4 is 40.1 Å². The molecule has 8 heteroatoms. The topological polar surface area (TPSA) is 87.9 Å². The van der Waals surface area contributed by atoms with Gasteiger partial charge in [0.05, 0.1) is 18.2 Å². The molecule has 0 aliphatic heterocycles. The maximum absolute atomic E-state index is 8.96. The third kappa shape index (κ3) is 3.20. The van der Waals surface area contributed by atoms with Crippen LogP contribution >= 0.6 is 11.6 Å². The standard InChI is InChI=1S/C15H17ClN6O/c1-9-7-10(16)3-4-12(9)19-13-11-8-18-22(2)14(11)21-15(20-13)17-5-6-23/h3-4,7-8,23H,5-6H2,1-2H3,(H2,17,19,20,21). The number of aliphatic hydroxyl groups excluding tert-OH is 1. The Morgan fingerprint density at radius 3 is 2.87 bits per heavy atom. The molecule has 0 unspecified atom stereocenters. The van der Waals surface area contributed by atoms with Crippen LogP contribution in [0.5, 0.6) is 0 Å². The van der Waals surface area contributed by atoms with E-state index < -0.39 is 0 Å². The van der Waals surface area contributed by atoms with Crippen molar-refractivity contribution in [2.24, 2.45) is 7.05 Å². The van der Waals surface area contributed by atoms with Gasteiger partial charge < -0.3 is 15.7 Å². The van der Waals surface area contributed by atoms with E-state index in [2.05, 4.69) is 25.7 Å². The number of hydrogen-bond donors (Lipinski definition) is 3. The molecule has 7 nitrogen and oxygen atoms in total. The highest BCUT2D eigenvalue weighted by molar-refractivity contribution is 6.30. The average Bonchev–Trinajstić information content (AvgIpc) is 2.90. The molecule has 0 aliphatic carbocycles. The second kappa shape index (κ2) is 6.39. The number of rotatable bonds is 5. The molecular formula is C15H17ClN6O. The molecule has 0 amide bonds. The molecule has 3 rings (SSSR count). The first-order valence-corrected chi connectivity index (χ1v) is 7.54. The lowest BCUT2D eigenvalue weighted by atomic mass is 10.2. The smallest absolute Gasteiger partial charge is 0.226 e. The summed E-state index contributed by atoms with van der Waals surface area (Å²) in [5.41, 5.74) is 2.62. The van der Waals surface area contributed by atoms with Gasteiger partial charge in [-0.05, 0) is 30.7 Å². The molecule has 0 radical (unpaired) electrons. The van der Waals surface area contributed by atoms with Crippen LogP contribution in [0.3, 0.4) is 0 Å². The second-order valence-electron chi connectivity index (χ2n) is 5.14. The summed E-state index contributed by atoms with van der Waals surface area (Å²) in [6, 6.07) is 5.61. The van der Waals surface area contributed by atoms with E-state index in [1.165, 1.54) is 0 Å². The van der Waals surface area contributed by atoms with Gasteiger partial charge in [0.25, 0.3) is 0 Å². The lowest BCUT2D eigenvalue weighted by molar-refractivity contribution is 0.311. The quantitative estimate of drug-likeness (QED) is 0.665. The number of nitrogens with zero attached hydrogens (tertiary/aromatic N) is 4. The molecule has 0 spiro atoms. The van der Waals surface area contributed by atoms with Crippen molar-refractivity contribution in [1.29, 1.82) is 0 Å². The molecule has 0 aliphatic rings. The zero-order valence-electron chi connectivity index (χ0n) is 12.8. The van der Waals surface area contributed by atoms with Crippen molar-refractivity contribution < 1.29 is 5.11 Å². The van der Waals surface area contributed by atoms with Gasteiger partial charge in [0.2, 0.25) is 5.95 Å². The molecular weight excluding hydrogens is 316 g/mol. The van der Waals surface area contributed by atoms with Crippen LogP contribution in [0, 0.1) is 6.92 Å². The van der Waals surface area contributed by atoms with Crippen molar-refractivity contribution in [1.82, 2.24) is 19.7 Å². The fourth-order valence-electron chi connectivity index (χ4n) is 2.26. The first-order valence-electron chi connectivity index (χ1n) is 7.16. The molecule has 3 N–H and O–H groups in total. The number of aliphatic hydroxyl groups is 1. The summed E-state index contributed by atoms with van der Waals surface area (Å²) in [6.45, 7) is 2.36. The van der Waals surface area contributed by atoms with Crippen LogP contribution < -0.4 is 10.6 Å². The molecule has 0 saturated heterocycles. The highest BCUT2D eigenvalue weighted by atomic mass is 35.5. The summed E-state index contributed by atoms with van der Waals surface area (Å²) in [5, 5.41) is 21.0. The van der Waals surface area contributed by atoms with Crippen LogP contribution in [0.25, 0.3) is 11.0 Å². The molecule has 2 heterocycles. The molecule has 0 saturated carbocycles. The Bertz CT molecular complexity index is 847. The maximum atomic E-state index is 8.96. The van der Waals surface area contributed by atoms with Crippen molar-refractivity contribution in [2.45, 2.75) is 6.92 Å². The third-order valence-corrected chi connectivity index (χ3v) is 3.66. The fraction of sp³-hybridized carbons (Fsp3) is 0.267. The van der Waals surface area contributed by atoms with Gasteiger partial charge >= 0.3 is 0 Å². The molecule has 23 heavy (non-hydrogen) atoms. The monoisotopic (exact) mass is 332 g/mol. The first kappa shape index (κ1) is 15.5. The Labute approximate surface area is 138 Å². The molecule has 1 aromatic carbocycles. The Kier molecular flexibility index (Phi) is 4.31. The Hall–Kier alpha value is -2.38. The minimum atomic E-state index is 0.00579. The van der Waals surface area contributed by atoms with Crippen LogP contribution in [0.2, 0.25) is 5.02 Å². The van der Waals surface area contributed by atoms with Gasteiger partial charge in [0, 0.05) is 24.3 Å². The zero-order chi connectivity index (χ0) is 16.4. The minimum absolute atomic E-state index is 0.00579. The van der Waals surface area contributed by atoms with Crippen molar-refractivity contribution in [2.75, 3.05) is 23.8 Å². The van der Waals surface area contributed by atoms with Crippen LogP contribution in [-0.4, -0.2) is 38.0 Å². The van der Waals surface area contributed by atoms with Crippen LogP contribution in [0.1, 0.15) is 5.56 Å². The van der Waals surface area contributed by atoms with Gasteiger partial charge in [-0.15, -0.1) is 0 Å². The number of halogens is 1. The predicted molar refractivity (Wildman–Crippen MR) is 91.4 cm³/mol. The molecule has 120 valence electrons. The summed E-state index contributed by atoms with van der Waals surface area (Å²) in [7, 11) is 1.82. The normalized spacial score (nSPS) is 11.0. The van der Waals surface area contributed by atoms with Crippen LogP contribution in [-0.2, 0) is 7.05 Å². The molecule has 0 atom stereocenters. The number of anilines is 3. The zero-order valence-corrected chi connectivity index (χ0v) is 13.6. The summed E-state index contributed by atoms with van der Waals surface area (Å²) in [6.07, 6.45) is 1.72. The van der Waals surface area contributed by atoms with Gasteiger partial charge in [0.15, 0.2) is 5.65 Å². The Balaban J connectivity index is 2.04. The fourth-order valence-corrected chi connectivity index (χ4v) is 2.49. The van der Waals surface area contributed by atoms with Crippen LogP contribution in [0.4, 0.5) is 17.5 Å². The van der Waals surface area contributed by atoms with E-state index >= 15 is 0 Å². The van der Waals surface area contributed by atoms with E-state index in [-0.39, 0.29) is 6.61 Å². The number of aromatic nitrogens is 4. The van der Waals surface area contributed by atoms with E-state index in [0.29, 0.717) is 29.0 Å². The van der Waals surface area contributed by atoms with E-state index in [0.717, 1.165) is 16.6 Å². The summed E-state index contributed by atoms with van der Waals surface area (Å²) in [4.78, 5) is 8.90. The number of aryl methyl sites for hydroxylation is 2. The Morgan fingerprint density at radius 1 is 1.30 bits per heavy atom. The van der Waals surface area contributed by atoms with E-state index in [1.54, 1.807) is 10.9 Å². The molecule has 0 fully saturated rings. The largest absolute Gasteiger partial charge is 0.395 e. The average molecular weight is 333 g/mol. The van der Waals surface area contributed by atoms with Crippen molar-refractivity contribution in [3.8, 4) is 0 Å². The SMILES string of the molecule is Cc1cc(Cl)ccc1Nc1nc(NCCO)nc2c1cnn2C. The first-order chi connectivity index (χ1) is 11.1. The van der Waals surface area contributed by atoms with E-state index in [4.69, 9.17) is 16.7 Å². The number of hydrogen-bond acceptors (Lipinski definition) is 6. The van der Waals surface area contributed by atoms with Crippen LogP contribution in [0.15, 0.2) is 24.4 Å². The molecule has 2 aromatic heterocycles. The molecule has 3 aromatic rings. The second-order valence-corrected chi connectivity index (χ2v) is 5.57. The van der Waals surface area contributed by atoms with E-state index in [1.807, 2.05) is 32.2 Å². The van der Waals surface area contributed by atoms with Gasteiger partial charge in [-0.2, -0.15) is 15.1 Å². The van der Waals surface area contributed by atoms with Gasteiger partial charge in [-0.25, -0.2) is 0 Å². The van der Waals surface area contributed by atoms with E-state index in [9.17, 15) is 0 Å². The maximum Gasteiger partial charge on any atom is 0.226 e.